The number of benzene rings is 2. The first-order valence-corrected chi connectivity index (χ1v) is 9.12. The highest BCUT2D eigenvalue weighted by Gasteiger charge is 2.24. The van der Waals surface area contributed by atoms with Crippen molar-refractivity contribution in [2.45, 2.75) is 26.2 Å². The zero-order valence-electron chi connectivity index (χ0n) is 15.4. The Labute approximate surface area is 157 Å². The molecular formula is C22H21NO4. The lowest BCUT2D eigenvalue weighted by molar-refractivity contribution is -0.120. The van der Waals surface area contributed by atoms with Gasteiger partial charge in [-0.05, 0) is 41.7 Å². The van der Waals surface area contributed by atoms with Crippen molar-refractivity contribution in [3.63, 3.8) is 0 Å². The van der Waals surface area contributed by atoms with Crippen LogP contribution in [-0.2, 0) is 11.2 Å². The molecule has 1 aliphatic heterocycles. The van der Waals surface area contributed by atoms with Crippen LogP contribution >= 0.6 is 0 Å². The van der Waals surface area contributed by atoms with E-state index in [9.17, 15) is 9.59 Å². The van der Waals surface area contributed by atoms with Gasteiger partial charge in [0.1, 0.15) is 11.3 Å². The minimum absolute atomic E-state index is 0.0616. The number of carbonyl (C=O) groups is 1. The van der Waals surface area contributed by atoms with Crippen LogP contribution in [0.1, 0.15) is 30.9 Å². The van der Waals surface area contributed by atoms with E-state index in [-0.39, 0.29) is 24.1 Å². The molecule has 138 valence electrons. The van der Waals surface area contributed by atoms with Gasteiger partial charge in [-0.15, -0.1) is 0 Å². The summed E-state index contributed by atoms with van der Waals surface area (Å²) in [4.78, 5) is 26.1. The van der Waals surface area contributed by atoms with Gasteiger partial charge in [0.25, 0.3) is 5.91 Å². The molecule has 4 rings (SSSR count). The molecule has 1 aromatic heterocycles. The van der Waals surface area contributed by atoms with Crippen LogP contribution in [0.15, 0.2) is 57.7 Å². The number of nitrogens with zero attached hydrogens (tertiary/aromatic N) is 1. The summed E-state index contributed by atoms with van der Waals surface area (Å²) in [7, 11) is 0. The van der Waals surface area contributed by atoms with Gasteiger partial charge in [-0.25, -0.2) is 4.79 Å². The minimum atomic E-state index is -0.381. The van der Waals surface area contributed by atoms with E-state index in [4.69, 9.17) is 9.15 Å². The Kier molecular flexibility index (Phi) is 4.44. The maximum absolute atomic E-state index is 12.6. The van der Waals surface area contributed by atoms with Gasteiger partial charge in [0.2, 0.25) is 0 Å². The predicted molar refractivity (Wildman–Crippen MR) is 105 cm³/mol. The molecule has 2 heterocycles. The molecule has 1 aliphatic rings. The summed E-state index contributed by atoms with van der Waals surface area (Å²) in [5.41, 5.74) is 3.17. The van der Waals surface area contributed by atoms with Gasteiger partial charge in [-0.3, -0.25) is 4.79 Å². The van der Waals surface area contributed by atoms with Crippen molar-refractivity contribution < 1.29 is 13.9 Å². The summed E-state index contributed by atoms with van der Waals surface area (Å²) in [5.74, 6) is 0.630. The van der Waals surface area contributed by atoms with E-state index in [1.165, 1.54) is 11.6 Å². The molecule has 0 saturated carbocycles. The molecule has 0 atom stereocenters. The minimum Gasteiger partial charge on any atom is -0.484 e. The normalized spacial score (nSPS) is 13.2. The maximum atomic E-state index is 12.6. The number of hydrogen-bond donors (Lipinski definition) is 0. The number of carbonyl (C=O) groups excluding carboxylic acids is 1. The quantitative estimate of drug-likeness (QED) is 0.660. The van der Waals surface area contributed by atoms with E-state index in [1.807, 2.05) is 44.2 Å². The van der Waals surface area contributed by atoms with Crippen molar-refractivity contribution in [1.82, 2.24) is 0 Å². The van der Waals surface area contributed by atoms with Gasteiger partial charge in [0.05, 0.1) is 0 Å². The van der Waals surface area contributed by atoms with Gasteiger partial charge in [0.15, 0.2) is 6.61 Å². The second-order valence-electron chi connectivity index (χ2n) is 7.05. The van der Waals surface area contributed by atoms with Gasteiger partial charge >= 0.3 is 5.63 Å². The van der Waals surface area contributed by atoms with E-state index in [0.29, 0.717) is 17.9 Å². The molecule has 5 heteroatoms. The molecule has 0 fully saturated rings. The molecule has 27 heavy (non-hydrogen) atoms. The van der Waals surface area contributed by atoms with Crippen molar-refractivity contribution in [3.8, 4) is 5.75 Å². The molecule has 0 N–H and O–H groups in total. The van der Waals surface area contributed by atoms with Crippen molar-refractivity contribution in [1.29, 1.82) is 0 Å². The average Bonchev–Trinajstić information content (AvgIpc) is 3.09. The van der Waals surface area contributed by atoms with Gasteiger partial charge in [-0.2, -0.15) is 0 Å². The first kappa shape index (κ1) is 17.3. The number of fused-ring (bicyclic) bond motifs is 2. The van der Waals surface area contributed by atoms with Gasteiger partial charge in [0, 0.05) is 29.8 Å². The number of ether oxygens (including phenoxy) is 1. The van der Waals surface area contributed by atoms with E-state index >= 15 is 0 Å². The number of rotatable bonds is 4. The fourth-order valence-electron chi connectivity index (χ4n) is 3.56. The molecule has 0 saturated heterocycles. The van der Waals surface area contributed by atoms with Gasteiger partial charge in [-0.1, -0.05) is 32.0 Å². The number of hydrogen-bond acceptors (Lipinski definition) is 4. The van der Waals surface area contributed by atoms with Crippen LogP contribution in [0.3, 0.4) is 0 Å². The van der Waals surface area contributed by atoms with Crippen LogP contribution in [0.2, 0.25) is 0 Å². The van der Waals surface area contributed by atoms with E-state index in [0.717, 1.165) is 23.1 Å². The number of amides is 1. The lowest BCUT2D eigenvalue weighted by Crippen LogP contribution is -2.33. The molecule has 0 radical (unpaired) electrons. The third kappa shape index (κ3) is 3.33. The fourth-order valence-corrected chi connectivity index (χ4v) is 3.56. The Bertz CT molecular complexity index is 1070. The standard InChI is InChI=1S/C22H21NO4/c1-14(2)18-12-22(25)27-20-11-16(7-8-17(18)20)26-13-21(24)23-10-9-15-5-3-4-6-19(15)23/h3-8,11-12,14H,9-10,13H2,1-2H3. The Balaban J connectivity index is 1.53. The lowest BCUT2D eigenvalue weighted by Gasteiger charge is -2.17. The van der Waals surface area contributed by atoms with Crippen molar-refractivity contribution in [3.05, 3.63) is 70.1 Å². The van der Waals surface area contributed by atoms with Crippen molar-refractivity contribution >= 4 is 22.6 Å². The molecule has 0 spiro atoms. The first-order chi connectivity index (χ1) is 13.0. The summed E-state index contributed by atoms with van der Waals surface area (Å²) in [6, 6.07) is 14.8. The summed E-state index contributed by atoms with van der Waals surface area (Å²) in [6.07, 6.45) is 0.862. The van der Waals surface area contributed by atoms with Crippen LogP contribution in [0.25, 0.3) is 11.0 Å². The highest BCUT2D eigenvalue weighted by Crippen LogP contribution is 2.29. The second kappa shape index (κ2) is 6.91. The molecule has 5 nitrogen and oxygen atoms in total. The molecule has 2 aromatic carbocycles. The topological polar surface area (TPSA) is 59.8 Å². The average molecular weight is 363 g/mol. The Morgan fingerprint density at radius 2 is 2.00 bits per heavy atom. The smallest absolute Gasteiger partial charge is 0.336 e. The highest BCUT2D eigenvalue weighted by atomic mass is 16.5. The fraction of sp³-hybridized carbons (Fsp3) is 0.273. The van der Waals surface area contributed by atoms with Crippen LogP contribution < -0.4 is 15.3 Å². The highest BCUT2D eigenvalue weighted by molar-refractivity contribution is 5.96. The second-order valence-corrected chi connectivity index (χ2v) is 7.05. The Morgan fingerprint density at radius 3 is 2.81 bits per heavy atom. The summed E-state index contributed by atoms with van der Waals surface area (Å²) in [6.45, 7) is 4.68. The molecule has 3 aromatic rings. The Hall–Kier alpha value is -3.08. The summed E-state index contributed by atoms with van der Waals surface area (Å²) < 4.78 is 11.0. The molecule has 1 amide bonds. The monoisotopic (exact) mass is 363 g/mol. The zero-order chi connectivity index (χ0) is 19.0. The largest absolute Gasteiger partial charge is 0.484 e. The van der Waals surface area contributed by atoms with E-state index < -0.39 is 0 Å². The summed E-state index contributed by atoms with van der Waals surface area (Å²) >= 11 is 0. The Morgan fingerprint density at radius 1 is 1.19 bits per heavy atom. The molecular weight excluding hydrogens is 342 g/mol. The van der Waals surface area contributed by atoms with Crippen LogP contribution in [0.5, 0.6) is 5.75 Å². The molecule has 0 aliphatic carbocycles. The molecule has 0 bridgehead atoms. The lowest BCUT2D eigenvalue weighted by atomic mass is 10.00. The number of para-hydroxylation sites is 1. The SMILES string of the molecule is CC(C)c1cc(=O)oc2cc(OCC(=O)N3CCc4ccccc43)ccc12. The third-order valence-corrected chi connectivity index (χ3v) is 4.92. The first-order valence-electron chi connectivity index (χ1n) is 9.12. The molecule has 0 unspecified atom stereocenters. The van der Waals surface area contributed by atoms with Gasteiger partial charge < -0.3 is 14.1 Å². The zero-order valence-corrected chi connectivity index (χ0v) is 15.4. The van der Waals surface area contributed by atoms with Crippen molar-refractivity contribution in [2.75, 3.05) is 18.1 Å². The predicted octanol–water partition coefficient (Wildman–Crippen LogP) is 3.88. The summed E-state index contributed by atoms with van der Waals surface area (Å²) in [5, 5.41) is 0.886. The van der Waals surface area contributed by atoms with Crippen molar-refractivity contribution in [2.24, 2.45) is 0 Å². The number of anilines is 1. The maximum Gasteiger partial charge on any atom is 0.336 e. The van der Waals surface area contributed by atoms with E-state index in [1.54, 1.807) is 17.0 Å². The van der Waals surface area contributed by atoms with Crippen LogP contribution in [0.4, 0.5) is 5.69 Å². The van der Waals surface area contributed by atoms with E-state index in [2.05, 4.69) is 0 Å². The van der Waals surface area contributed by atoms with Crippen LogP contribution in [0, 0.1) is 0 Å². The third-order valence-electron chi connectivity index (χ3n) is 4.92. The van der Waals surface area contributed by atoms with Crippen LogP contribution in [-0.4, -0.2) is 19.1 Å².